The molecule has 0 bridgehead atoms. The number of amides is 1. The van der Waals surface area contributed by atoms with Gasteiger partial charge in [0, 0.05) is 36.8 Å². The molecule has 33 heavy (non-hydrogen) atoms. The Labute approximate surface area is 197 Å². The summed E-state index contributed by atoms with van der Waals surface area (Å²) in [5, 5.41) is 6.53. The van der Waals surface area contributed by atoms with E-state index in [1.54, 1.807) is 6.20 Å². The van der Waals surface area contributed by atoms with Crippen LogP contribution in [0.2, 0.25) is 0 Å². The van der Waals surface area contributed by atoms with Gasteiger partial charge in [0.1, 0.15) is 17.3 Å². The molecule has 2 heterocycles. The van der Waals surface area contributed by atoms with E-state index < -0.39 is 0 Å². The Hall–Kier alpha value is -3.09. The van der Waals surface area contributed by atoms with Crippen molar-refractivity contribution in [3.8, 4) is 11.3 Å². The van der Waals surface area contributed by atoms with Gasteiger partial charge in [0.15, 0.2) is 5.65 Å². The van der Waals surface area contributed by atoms with E-state index >= 15 is 0 Å². The van der Waals surface area contributed by atoms with E-state index in [0.29, 0.717) is 5.82 Å². The zero-order valence-corrected chi connectivity index (χ0v) is 21.3. The van der Waals surface area contributed by atoms with E-state index in [9.17, 15) is 4.79 Å². The van der Waals surface area contributed by atoms with Gasteiger partial charge in [0.05, 0.1) is 12.4 Å². The number of rotatable bonds is 8. The third-order valence-corrected chi connectivity index (χ3v) is 5.51. The molecule has 0 fully saturated rings. The molecule has 0 aliphatic carbocycles. The zero-order valence-electron chi connectivity index (χ0n) is 21.3. The predicted molar refractivity (Wildman–Crippen MR) is 138 cm³/mol. The van der Waals surface area contributed by atoms with Gasteiger partial charge < -0.3 is 15.5 Å². The van der Waals surface area contributed by atoms with Crippen LogP contribution in [0.25, 0.3) is 16.9 Å². The molecule has 0 saturated heterocycles. The minimum atomic E-state index is -0.179. The Morgan fingerprint density at radius 1 is 1.06 bits per heavy atom. The highest BCUT2D eigenvalue weighted by Crippen LogP contribution is 2.35. The molecule has 7 heteroatoms. The number of benzene rings is 1. The molecule has 0 unspecified atom stereocenters. The summed E-state index contributed by atoms with van der Waals surface area (Å²) in [6.45, 7) is 18.9. The fraction of sp³-hybridized carbons (Fsp3) is 0.500. The monoisotopic (exact) mass is 450 g/mol. The van der Waals surface area contributed by atoms with Crippen molar-refractivity contribution >= 4 is 28.9 Å². The number of nitrogens with one attached hydrogen (secondary N) is 2. The molecule has 0 aliphatic rings. The Kier molecular flexibility index (Phi) is 7.00. The summed E-state index contributed by atoms with van der Waals surface area (Å²) in [7, 11) is 0. The van der Waals surface area contributed by atoms with Gasteiger partial charge in [-0.3, -0.25) is 9.20 Å². The summed E-state index contributed by atoms with van der Waals surface area (Å²) in [5.41, 5.74) is 3.80. The molecule has 178 valence electrons. The Morgan fingerprint density at radius 3 is 2.24 bits per heavy atom. The first-order chi connectivity index (χ1) is 15.4. The topological polar surface area (TPSA) is 74.6 Å². The molecule has 3 rings (SSSR count). The molecule has 0 radical (unpaired) electrons. The van der Waals surface area contributed by atoms with Crippen molar-refractivity contribution in [1.82, 2.24) is 14.4 Å². The number of carbonyl (C=O) groups is 1. The number of fused-ring (bicyclic) bond motifs is 1. The normalized spacial score (nSPS) is 12.1. The van der Waals surface area contributed by atoms with Crippen LogP contribution in [0.3, 0.4) is 0 Å². The number of anilines is 3. The van der Waals surface area contributed by atoms with E-state index in [0.717, 1.165) is 42.2 Å². The SMILES string of the molecule is CCN(CC)c1ccc(-c2nc3cnc(NC(C)=O)cn3c2NC(C)(C)CC(C)(C)C)cc1. The lowest BCUT2D eigenvalue weighted by molar-refractivity contribution is -0.114. The van der Waals surface area contributed by atoms with Crippen molar-refractivity contribution in [2.45, 2.75) is 67.3 Å². The number of nitrogens with zero attached hydrogens (tertiary/aromatic N) is 4. The number of aromatic nitrogens is 3. The van der Waals surface area contributed by atoms with Crippen LogP contribution in [0.1, 0.15) is 61.8 Å². The minimum absolute atomic E-state index is 0.156. The number of imidazole rings is 1. The fourth-order valence-corrected chi connectivity index (χ4v) is 4.63. The summed E-state index contributed by atoms with van der Waals surface area (Å²) in [5.74, 6) is 1.23. The van der Waals surface area contributed by atoms with Gasteiger partial charge in [0.25, 0.3) is 0 Å². The van der Waals surface area contributed by atoms with Crippen molar-refractivity contribution in [1.29, 1.82) is 0 Å². The average Bonchev–Trinajstić information content (AvgIpc) is 3.04. The Morgan fingerprint density at radius 2 is 1.70 bits per heavy atom. The van der Waals surface area contributed by atoms with Gasteiger partial charge in [-0.05, 0) is 51.7 Å². The van der Waals surface area contributed by atoms with E-state index in [4.69, 9.17) is 4.98 Å². The molecule has 0 saturated carbocycles. The summed E-state index contributed by atoms with van der Waals surface area (Å²) in [4.78, 5) is 23.2. The van der Waals surface area contributed by atoms with Gasteiger partial charge >= 0.3 is 0 Å². The molecule has 2 N–H and O–H groups in total. The molecule has 0 atom stereocenters. The van der Waals surface area contributed by atoms with Crippen molar-refractivity contribution in [3.63, 3.8) is 0 Å². The van der Waals surface area contributed by atoms with Gasteiger partial charge in [-0.1, -0.05) is 32.9 Å². The van der Waals surface area contributed by atoms with Crippen LogP contribution in [-0.4, -0.2) is 38.9 Å². The van der Waals surface area contributed by atoms with Crippen molar-refractivity contribution in [3.05, 3.63) is 36.7 Å². The molecule has 0 spiro atoms. The summed E-state index contributed by atoms with van der Waals surface area (Å²) in [6.07, 6.45) is 4.49. The summed E-state index contributed by atoms with van der Waals surface area (Å²) < 4.78 is 1.98. The van der Waals surface area contributed by atoms with Gasteiger partial charge in [-0.25, -0.2) is 9.97 Å². The van der Waals surface area contributed by atoms with E-state index in [-0.39, 0.29) is 16.9 Å². The van der Waals surface area contributed by atoms with E-state index in [1.807, 2.05) is 10.6 Å². The molecular formula is C26H38N6O. The van der Waals surface area contributed by atoms with Gasteiger partial charge in [-0.2, -0.15) is 0 Å². The highest BCUT2D eigenvalue weighted by atomic mass is 16.1. The second-order valence-electron chi connectivity index (χ2n) is 10.5. The third kappa shape index (κ3) is 6.03. The standard InChI is InChI=1S/C26H38N6O/c1-9-31(10-2)20-13-11-19(12-14-20)23-24(30-26(7,8)17-25(4,5)6)32-16-21(28-18(3)33)27-15-22(32)29-23/h11-16,30H,9-10,17H2,1-8H3,(H,28,33). The van der Waals surface area contributed by atoms with Crippen LogP contribution >= 0.6 is 0 Å². The highest BCUT2D eigenvalue weighted by molar-refractivity contribution is 5.87. The minimum Gasteiger partial charge on any atom is -0.372 e. The van der Waals surface area contributed by atoms with Crippen LogP contribution in [0.5, 0.6) is 0 Å². The third-order valence-electron chi connectivity index (χ3n) is 5.51. The van der Waals surface area contributed by atoms with Crippen LogP contribution in [0, 0.1) is 5.41 Å². The maximum absolute atomic E-state index is 11.6. The lowest BCUT2D eigenvalue weighted by Crippen LogP contribution is -2.36. The maximum atomic E-state index is 11.6. The van der Waals surface area contributed by atoms with Crippen LogP contribution in [-0.2, 0) is 4.79 Å². The first kappa shape index (κ1) is 24.6. The maximum Gasteiger partial charge on any atom is 0.222 e. The van der Waals surface area contributed by atoms with Gasteiger partial charge in [-0.15, -0.1) is 0 Å². The number of hydrogen-bond donors (Lipinski definition) is 2. The van der Waals surface area contributed by atoms with E-state index in [2.05, 4.69) is 93.2 Å². The largest absolute Gasteiger partial charge is 0.372 e. The quantitative estimate of drug-likeness (QED) is 0.452. The fourth-order valence-electron chi connectivity index (χ4n) is 4.63. The summed E-state index contributed by atoms with van der Waals surface area (Å²) in [6, 6.07) is 8.55. The van der Waals surface area contributed by atoms with Crippen molar-refractivity contribution in [2.75, 3.05) is 28.6 Å². The first-order valence-corrected chi connectivity index (χ1v) is 11.7. The zero-order chi connectivity index (χ0) is 24.4. The first-order valence-electron chi connectivity index (χ1n) is 11.7. The summed E-state index contributed by atoms with van der Waals surface area (Å²) >= 11 is 0. The smallest absolute Gasteiger partial charge is 0.222 e. The lowest BCUT2D eigenvalue weighted by atomic mass is 9.82. The molecule has 1 amide bonds. The molecule has 0 aliphatic heterocycles. The van der Waals surface area contributed by atoms with Crippen LogP contribution < -0.4 is 15.5 Å². The predicted octanol–water partition coefficient (Wildman–Crippen LogP) is 5.83. The second kappa shape index (κ2) is 9.41. The molecule has 7 nitrogen and oxygen atoms in total. The molecular weight excluding hydrogens is 412 g/mol. The number of carbonyl (C=O) groups excluding carboxylic acids is 1. The second-order valence-corrected chi connectivity index (χ2v) is 10.5. The Balaban J connectivity index is 2.11. The van der Waals surface area contributed by atoms with Crippen LogP contribution in [0.4, 0.5) is 17.3 Å². The van der Waals surface area contributed by atoms with Crippen LogP contribution in [0.15, 0.2) is 36.7 Å². The number of hydrogen-bond acceptors (Lipinski definition) is 5. The average molecular weight is 451 g/mol. The van der Waals surface area contributed by atoms with Gasteiger partial charge in [0.2, 0.25) is 5.91 Å². The molecule has 2 aromatic heterocycles. The highest BCUT2D eigenvalue weighted by Gasteiger charge is 2.28. The molecule has 1 aromatic carbocycles. The lowest BCUT2D eigenvalue weighted by Gasteiger charge is -2.34. The van der Waals surface area contributed by atoms with E-state index in [1.165, 1.54) is 12.6 Å². The van der Waals surface area contributed by atoms with Crippen molar-refractivity contribution < 1.29 is 4.79 Å². The Bertz CT molecular complexity index is 1100. The molecule has 3 aromatic rings. The van der Waals surface area contributed by atoms with Crippen molar-refractivity contribution in [2.24, 2.45) is 5.41 Å².